The first-order valence-corrected chi connectivity index (χ1v) is 13.3. The summed E-state index contributed by atoms with van der Waals surface area (Å²) >= 11 is 0. The van der Waals surface area contributed by atoms with Gasteiger partial charge in [0.25, 0.3) is 0 Å². The van der Waals surface area contributed by atoms with Crippen LogP contribution >= 0.6 is 0 Å². The number of aromatic nitrogens is 4. The van der Waals surface area contributed by atoms with Gasteiger partial charge in [0.2, 0.25) is 0 Å². The van der Waals surface area contributed by atoms with Crippen molar-refractivity contribution in [3.05, 3.63) is 108 Å². The number of benzene rings is 2. The second kappa shape index (κ2) is 11.5. The predicted octanol–water partition coefficient (Wildman–Crippen LogP) is 9.05. The van der Waals surface area contributed by atoms with Crippen molar-refractivity contribution in [1.82, 2.24) is 18.9 Å². The van der Waals surface area contributed by atoms with Gasteiger partial charge in [0, 0.05) is 59.3 Å². The Morgan fingerprint density at radius 1 is 0.703 bits per heavy atom. The van der Waals surface area contributed by atoms with Crippen LogP contribution in [0.4, 0.5) is 0 Å². The van der Waals surface area contributed by atoms with E-state index in [0.29, 0.717) is 17.8 Å². The topological polar surface area (TPSA) is 38.0 Å². The fourth-order valence-corrected chi connectivity index (χ4v) is 4.78. The molecule has 4 aromatic heterocycles. The lowest BCUT2D eigenvalue weighted by Crippen LogP contribution is -1.93. The van der Waals surface area contributed by atoms with Crippen molar-refractivity contribution in [1.29, 1.82) is 0 Å². The van der Waals surface area contributed by atoms with E-state index in [0.717, 1.165) is 5.65 Å². The molecular weight excluding hydrogens is 452 g/mol. The molecule has 4 heteroatoms. The Labute approximate surface area is 221 Å². The molecule has 0 radical (unpaired) electrons. The fourth-order valence-electron chi connectivity index (χ4n) is 4.78. The number of imidazole rings is 1. The molecule has 6 rings (SSSR count). The first-order valence-electron chi connectivity index (χ1n) is 13.3. The summed E-state index contributed by atoms with van der Waals surface area (Å²) in [6.07, 6.45) is 8.34. The van der Waals surface area contributed by atoms with Crippen LogP contribution in [-0.2, 0) is 7.05 Å². The Balaban J connectivity index is 0.000000130. The molecule has 0 unspecified atom stereocenters. The highest BCUT2D eigenvalue weighted by Gasteiger charge is 2.08. The van der Waals surface area contributed by atoms with E-state index in [2.05, 4.69) is 135 Å². The van der Waals surface area contributed by atoms with Crippen molar-refractivity contribution in [2.45, 2.75) is 59.3 Å². The molecule has 0 aliphatic heterocycles. The summed E-state index contributed by atoms with van der Waals surface area (Å²) in [4.78, 5) is 7.57. The maximum atomic E-state index is 4.30. The summed E-state index contributed by atoms with van der Waals surface area (Å²) in [5, 5.41) is 2.74. The summed E-state index contributed by atoms with van der Waals surface area (Å²) in [5.74, 6) is 1.73. The Kier molecular flexibility index (Phi) is 8.17. The van der Waals surface area contributed by atoms with Gasteiger partial charge in [-0.2, -0.15) is 0 Å². The van der Waals surface area contributed by atoms with Gasteiger partial charge in [-0.25, -0.2) is 4.98 Å². The standard InChI is InChI=1S/C12H15N.C11H13N.C10H12N2/c1-9(2)11-8-13(3)12-7-5-4-6-10(11)12;1-8(2)10-7-12-11-6-4-3-5-9(10)11;1-8(2)9-7-11-10-5-3-4-6-12(9)10/h4-9H,1-3H3;3-8,12H,1-2H3;3-8H,1-2H3. The maximum absolute atomic E-state index is 4.30. The molecule has 0 bridgehead atoms. The lowest BCUT2D eigenvalue weighted by Gasteiger charge is -2.03. The summed E-state index contributed by atoms with van der Waals surface area (Å²) in [6, 6.07) is 23.0. The van der Waals surface area contributed by atoms with Crippen LogP contribution in [0.3, 0.4) is 0 Å². The van der Waals surface area contributed by atoms with E-state index >= 15 is 0 Å². The quantitative estimate of drug-likeness (QED) is 0.263. The summed E-state index contributed by atoms with van der Waals surface area (Å²) in [5.41, 5.74) is 7.71. The minimum atomic E-state index is 0.530. The average Bonchev–Trinajstić information content (AvgIpc) is 3.60. The first kappa shape index (κ1) is 26.3. The molecule has 4 nitrogen and oxygen atoms in total. The molecule has 0 fully saturated rings. The zero-order chi connectivity index (χ0) is 26.5. The number of aryl methyl sites for hydroxylation is 1. The number of aromatic amines is 1. The molecule has 0 spiro atoms. The minimum Gasteiger partial charge on any atom is -0.361 e. The van der Waals surface area contributed by atoms with Crippen LogP contribution in [0.15, 0.2) is 91.5 Å². The largest absolute Gasteiger partial charge is 0.361 e. The van der Waals surface area contributed by atoms with Gasteiger partial charge in [0.05, 0.1) is 0 Å². The third-order valence-corrected chi connectivity index (χ3v) is 6.83. The second-order valence-corrected chi connectivity index (χ2v) is 10.6. The van der Waals surface area contributed by atoms with E-state index in [1.54, 1.807) is 0 Å². The Morgan fingerprint density at radius 2 is 1.35 bits per heavy atom. The van der Waals surface area contributed by atoms with Crippen LogP contribution in [0, 0.1) is 0 Å². The molecule has 37 heavy (non-hydrogen) atoms. The van der Waals surface area contributed by atoms with E-state index in [4.69, 9.17) is 0 Å². The number of para-hydroxylation sites is 2. The zero-order valence-electron chi connectivity index (χ0n) is 23.2. The molecule has 2 aromatic carbocycles. The number of hydrogen-bond donors (Lipinski definition) is 1. The summed E-state index contributed by atoms with van der Waals surface area (Å²) in [6.45, 7) is 13.3. The fraction of sp³-hybridized carbons (Fsp3) is 0.303. The molecule has 0 atom stereocenters. The molecule has 0 amide bonds. The number of fused-ring (bicyclic) bond motifs is 3. The highest BCUT2D eigenvalue weighted by molar-refractivity contribution is 5.84. The summed E-state index contributed by atoms with van der Waals surface area (Å²) < 4.78 is 4.33. The van der Waals surface area contributed by atoms with Crippen molar-refractivity contribution in [2.75, 3.05) is 0 Å². The minimum absolute atomic E-state index is 0.530. The lowest BCUT2D eigenvalue weighted by atomic mass is 10.0. The highest BCUT2D eigenvalue weighted by Crippen LogP contribution is 2.26. The van der Waals surface area contributed by atoms with Gasteiger partial charge in [0.15, 0.2) is 0 Å². The number of rotatable bonds is 3. The smallest absolute Gasteiger partial charge is 0.136 e. The molecule has 0 aliphatic rings. The normalized spacial score (nSPS) is 11.3. The molecule has 192 valence electrons. The maximum Gasteiger partial charge on any atom is 0.136 e. The third kappa shape index (κ3) is 5.80. The Bertz CT molecular complexity index is 1500. The van der Waals surface area contributed by atoms with Crippen molar-refractivity contribution in [2.24, 2.45) is 7.05 Å². The van der Waals surface area contributed by atoms with E-state index in [9.17, 15) is 0 Å². The van der Waals surface area contributed by atoms with Crippen LogP contribution < -0.4 is 0 Å². The monoisotopic (exact) mass is 492 g/mol. The Morgan fingerprint density at radius 3 is 2.05 bits per heavy atom. The molecule has 0 saturated heterocycles. The summed E-state index contributed by atoms with van der Waals surface area (Å²) in [7, 11) is 2.11. The molecule has 4 heterocycles. The number of nitrogens with zero attached hydrogens (tertiary/aromatic N) is 3. The first-order chi connectivity index (χ1) is 17.8. The Hall–Kier alpha value is -3.79. The number of H-pyrrole nitrogens is 1. The van der Waals surface area contributed by atoms with Gasteiger partial charge >= 0.3 is 0 Å². The zero-order valence-corrected chi connectivity index (χ0v) is 23.2. The van der Waals surface area contributed by atoms with E-state index < -0.39 is 0 Å². The van der Waals surface area contributed by atoms with Gasteiger partial charge in [-0.05, 0) is 53.1 Å². The van der Waals surface area contributed by atoms with Gasteiger partial charge in [-0.3, -0.25) is 0 Å². The van der Waals surface area contributed by atoms with Crippen molar-refractivity contribution < 1.29 is 0 Å². The molecule has 0 aliphatic carbocycles. The number of nitrogens with one attached hydrogen (secondary N) is 1. The van der Waals surface area contributed by atoms with E-state index in [-0.39, 0.29) is 0 Å². The van der Waals surface area contributed by atoms with Crippen LogP contribution in [0.5, 0.6) is 0 Å². The lowest BCUT2D eigenvalue weighted by molar-refractivity contribution is 0.809. The van der Waals surface area contributed by atoms with Gasteiger partial charge in [0.1, 0.15) is 5.65 Å². The van der Waals surface area contributed by atoms with Gasteiger partial charge < -0.3 is 14.0 Å². The van der Waals surface area contributed by atoms with Crippen LogP contribution in [0.1, 0.15) is 76.1 Å². The number of pyridine rings is 1. The van der Waals surface area contributed by atoms with Gasteiger partial charge in [-0.15, -0.1) is 0 Å². The average molecular weight is 493 g/mol. The van der Waals surface area contributed by atoms with E-state index in [1.807, 2.05) is 24.4 Å². The highest BCUT2D eigenvalue weighted by atomic mass is 15.0. The van der Waals surface area contributed by atoms with Gasteiger partial charge in [-0.1, -0.05) is 84.0 Å². The second-order valence-electron chi connectivity index (χ2n) is 10.6. The van der Waals surface area contributed by atoms with Crippen LogP contribution in [0.25, 0.3) is 27.5 Å². The van der Waals surface area contributed by atoms with Crippen LogP contribution in [-0.4, -0.2) is 18.9 Å². The third-order valence-electron chi connectivity index (χ3n) is 6.83. The van der Waals surface area contributed by atoms with E-state index in [1.165, 1.54) is 38.6 Å². The van der Waals surface area contributed by atoms with Crippen molar-refractivity contribution in [3.8, 4) is 0 Å². The molecule has 6 aromatic rings. The molecular formula is C33H40N4. The number of hydrogen-bond acceptors (Lipinski definition) is 1. The predicted molar refractivity (Wildman–Crippen MR) is 159 cm³/mol. The molecule has 1 N–H and O–H groups in total. The van der Waals surface area contributed by atoms with Crippen molar-refractivity contribution >= 4 is 27.5 Å². The SMILES string of the molecule is CC(C)c1c[nH]c2ccccc12.CC(C)c1cn(C)c2ccccc12.CC(C)c1cnc2ccccn12. The molecule has 0 saturated carbocycles. The van der Waals surface area contributed by atoms with Crippen LogP contribution in [0.2, 0.25) is 0 Å². The van der Waals surface area contributed by atoms with Crippen molar-refractivity contribution in [3.63, 3.8) is 0 Å².